The number of rotatable bonds is 6. The van der Waals surface area contributed by atoms with Crippen molar-refractivity contribution in [3.8, 4) is 0 Å². The zero-order valence-electron chi connectivity index (χ0n) is 13.4. The quantitative estimate of drug-likeness (QED) is 0.848. The minimum Gasteiger partial charge on any atom is -0.329 e. The molecule has 0 aliphatic rings. The van der Waals surface area contributed by atoms with Crippen LogP contribution in [0.4, 0.5) is 0 Å². The number of thiophene rings is 1. The van der Waals surface area contributed by atoms with Crippen molar-refractivity contribution in [1.82, 2.24) is 4.90 Å². The molecule has 2 nitrogen and oxygen atoms in total. The van der Waals surface area contributed by atoms with Crippen molar-refractivity contribution in [2.45, 2.75) is 65.5 Å². The van der Waals surface area contributed by atoms with Crippen molar-refractivity contribution in [2.75, 3.05) is 13.1 Å². The summed E-state index contributed by atoms with van der Waals surface area (Å²) in [4.78, 5) is 5.38. The lowest BCUT2D eigenvalue weighted by atomic mass is 9.95. The molecule has 0 aliphatic heterocycles. The monoisotopic (exact) mass is 282 g/mol. The van der Waals surface area contributed by atoms with Crippen LogP contribution in [0, 0.1) is 0 Å². The van der Waals surface area contributed by atoms with Crippen molar-refractivity contribution in [1.29, 1.82) is 0 Å². The van der Waals surface area contributed by atoms with Gasteiger partial charge in [-0.15, -0.1) is 11.3 Å². The highest BCUT2D eigenvalue weighted by atomic mass is 32.1. The first kappa shape index (κ1) is 16.7. The van der Waals surface area contributed by atoms with E-state index in [4.69, 9.17) is 5.73 Å². The number of nitrogens with zero attached hydrogens (tertiary/aromatic N) is 1. The van der Waals surface area contributed by atoms with Gasteiger partial charge in [0.25, 0.3) is 0 Å². The second-order valence-electron chi connectivity index (χ2n) is 6.54. The molecule has 0 fully saturated rings. The topological polar surface area (TPSA) is 29.3 Å². The van der Waals surface area contributed by atoms with Crippen molar-refractivity contribution >= 4 is 11.3 Å². The third-order valence-corrected chi connectivity index (χ3v) is 5.08. The fraction of sp³-hybridized carbons (Fsp3) is 0.750. The summed E-state index contributed by atoms with van der Waals surface area (Å²) in [6.07, 6.45) is 1.17. The Balaban J connectivity index is 2.98. The van der Waals surface area contributed by atoms with E-state index in [9.17, 15) is 0 Å². The highest BCUT2D eigenvalue weighted by Gasteiger charge is 2.24. The van der Waals surface area contributed by atoms with Gasteiger partial charge in [0.2, 0.25) is 0 Å². The Kier molecular flexibility index (Phi) is 6.03. The standard InChI is InChI=1S/C16H30N2S/c1-7-10-18(12(2)3)13(11-17)14-8-9-15(19-14)16(4,5)6/h8-9,12-13H,7,10-11,17H2,1-6H3. The van der Waals surface area contributed by atoms with E-state index in [1.165, 1.54) is 16.2 Å². The van der Waals surface area contributed by atoms with Crippen LogP contribution >= 0.6 is 11.3 Å². The molecule has 1 rings (SSSR count). The Morgan fingerprint density at radius 3 is 2.26 bits per heavy atom. The van der Waals surface area contributed by atoms with Gasteiger partial charge in [-0.1, -0.05) is 27.7 Å². The predicted octanol–water partition coefficient (Wildman–Crippen LogP) is 4.17. The van der Waals surface area contributed by atoms with Gasteiger partial charge in [0, 0.05) is 22.3 Å². The molecule has 0 bridgehead atoms. The highest BCUT2D eigenvalue weighted by molar-refractivity contribution is 7.12. The molecule has 3 heteroatoms. The maximum Gasteiger partial charge on any atom is 0.0566 e. The Morgan fingerprint density at radius 1 is 1.26 bits per heavy atom. The van der Waals surface area contributed by atoms with E-state index in [0.29, 0.717) is 18.6 Å². The minimum atomic E-state index is 0.232. The van der Waals surface area contributed by atoms with Crippen LogP contribution in [0.25, 0.3) is 0 Å². The first-order valence-electron chi connectivity index (χ1n) is 7.37. The van der Waals surface area contributed by atoms with E-state index in [1.807, 2.05) is 11.3 Å². The SMILES string of the molecule is CCCN(C(C)C)C(CN)c1ccc(C(C)(C)C)s1. The van der Waals surface area contributed by atoms with Gasteiger partial charge in [-0.3, -0.25) is 4.90 Å². The summed E-state index contributed by atoms with van der Waals surface area (Å²) in [5.41, 5.74) is 6.29. The lowest BCUT2D eigenvalue weighted by molar-refractivity contribution is 0.160. The highest BCUT2D eigenvalue weighted by Crippen LogP contribution is 2.34. The molecule has 110 valence electrons. The molecule has 0 amide bonds. The lowest BCUT2D eigenvalue weighted by Crippen LogP contribution is -2.38. The second-order valence-corrected chi connectivity index (χ2v) is 7.65. The van der Waals surface area contributed by atoms with E-state index in [1.54, 1.807) is 0 Å². The molecular formula is C16H30N2S. The average molecular weight is 282 g/mol. The first-order valence-corrected chi connectivity index (χ1v) is 8.19. The van der Waals surface area contributed by atoms with Crippen molar-refractivity contribution in [2.24, 2.45) is 5.73 Å². The van der Waals surface area contributed by atoms with Crippen LogP contribution < -0.4 is 5.73 Å². The first-order chi connectivity index (χ1) is 8.81. The molecule has 0 radical (unpaired) electrons. The van der Waals surface area contributed by atoms with Crippen LogP contribution in [0.3, 0.4) is 0 Å². The third kappa shape index (κ3) is 4.30. The van der Waals surface area contributed by atoms with Gasteiger partial charge >= 0.3 is 0 Å². The molecule has 19 heavy (non-hydrogen) atoms. The van der Waals surface area contributed by atoms with Crippen LogP contribution in [0.5, 0.6) is 0 Å². The zero-order valence-corrected chi connectivity index (χ0v) is 14.2. The van der Waals surface area contributed by atoms with Gasteiger partial charge in [0.05, 0.1) is 6.04 Å². The van der Waals surface area contributed by atoms with E-state index in [2.05, 4.69) is 58.6 Å². The maximum atomic E-state index is 6.06. The van der Waals surface area contributed by atoms with E-state index in [-0.39, 0.29) is 5.41 Å². The lowest BCUT2D eigenvalue weighted by Gasteiger charge is -2.33. The Bertz CT molecular complexity index is 376. The molecule has 1 aromatic rings. The fourth-order valence-corrected chi connectivity index (χ4v) is 3.58. The van der Waals surface area contributed by atoms with Crippen LogP contribution in [-0.4, -0.2) is 24.0 Å². The molecule has 0 aliphatic carbocycles. The Hall–Kier alpha value is -0.380. The molecule has 2 N–H and O–H groups in total. The predicted molar refractivity (Wildman–Crippen MR) is 86.9 cm³/mol. The Morgan fingerprint density at radius 2 is 1.89 bits per heavy atom. The van der Waals surface area contributed by atoms with Crippen molar-refractivity contribution < 1.29 is 0 Å². The number of nitrogens with two attached hydrogens (primary N) is 1. The van der Waals surface area contributed by atoms with Gasteiger partial charge < -0.3 is 5.73 Å². The molecule has 0 saturated carbocycles. The maximum absolute atomic E-state index is 6.06. The number of hydrogen-bond acceptors (Lipinski definition) is 3. The van der Waals surface area contributed by atoms with Crippen LogP contribution in [0.1, 0.15) is 63.8 Å². The Labute approximate surface area is 123 Å². The summed E-state index contributed by atoms with van der Waals surface area (Å²) >= 11 is 1.92. The van der Waals surface area contributed by atoms with Gasteiger partial charge in [0.15, 0.2) is 0 Å². The summed E-state index contributed by atoms with van der Waals surface area (Å²) in [5, 5.41) is 0. The van der Waals surface area contributed by atoms with Gasteiger partial charge in [-0.05, 0) is 44.4 Å². The molecule has 1 atom stereocenters. The average Bonchev–Trinajstić information content (AvgIpc) is 2.77. The number of hydrogen-bond donors (Lipinski definition) is 1. The summed E-state index contributed by atoms with van der Waals surface area (Å²) in [5.74, 6) is 0. The molecule has 1 heterocycles. The summed E-state index contributed by atoms with van der Waals surface area (Å²) in [6, 6.07) is 5.44. The van der Waals surface area contributed by atoms with E-state index < -0.39 is 0 Å². The molecule has 1 aromatic heterocycles. The zero-order chi connectivity index (χ0) is 14.6. The van der Waals surface area contributed by atoms with Gasteiger partial charge in [-0.2, -0.15) is 0 Å². The van der Waals surface area contributed by atoms with Crippen LogP contribution in [0.2, 0.25) is 0 Å². The summed E-state index contributed by atoms with van der Waals surface area (Å²) < 4.78 is 0. The molecule has 0 aromatic carbocycles. The van der Waals surface area contributed by atoms with E-state index >= 15 is 0 Å². The fourth-order valence-electron chi connectivity index (χ4n) is 2.38. The summed E-state index contributed by atoms with van der Waals surface area (Å²) in [6.45, 7) is 15.4. The van der Waals surface area contributed by atoms with Gasteiger partial charge in [-0.25, -0.2) is 0 Å². The van der Waals surface area contributed by atoms with Crippen LogP contribution in [0.15, 0.2) is 12.1 Å². The minimum absolute atomic E-state index is 0.232. The largest absolute Gasteiger partial charge is 0.329 e. The van der Waals surface area contributed by atoms with Crippen molar-refractivity contribution in [3.63, 3.8) is 0 Å². The van der Waals surface area contributed by atoms with E-state index in [0.717, 1.165) is 6.54 Å². The normalized spacial score (nSPS) is 14.4. The summed E-state index contributed by atoms with van der Waals surface area (Å²) in [7, 11) is 0. The molecule has 1 unspecified atom stereocenters. The molecule has 0 saturated heterocycles. The second kappa shape index (κ2) is 6.87. The molecular weight excluding hydrogens is 252 g/mol. The van der Waals surface area contributed by atoms with Crippen LogP contribution in [-0.2, 0) is 5.41 Å². The van der Waals surface area contributed by atoms with Gasteiger partial charge in [0.1, 0.15) is 0 Å². The molecule has 0 spiro atoms. The van der Waals surface area contributed by atoms with Crippen molar-refractivity contribution in [3.05, 3.63) is 21.9 Å². The third-order valence-electron chi connectivity index (χ3n) is 3.46. The smallest absolute Gasteiger partial charge is 0.0566 e.